The molecule has 112 valence electrons. The van der Waals surface area contributed by atoms with Crippen molar-refractivity contribution in [2.45, 2.75) is 58.6 Å². The SMILES string of the molecule is CC1CN(C)CCCN1CC1CCCC(C)(C)C1O. The molecular weight excluding hydrogens is 236 g/mol. The molecule has 0 aromatic carbocycles. The summed E-state index contributed by atoms with van der Waals surface area (Å²) in [6, 6.07) is 0.615. The summed E-state index contributed by atoms with van der Waals surface area (Å²) in [6.45, 7) is 11.4. The van der Waals surface area contributed by atoms with E-state index in [1.807, 2.05) is 0 Å². The van der Waals surface area contributed by atoms with Crippen LogP contribution in [0.4, 0.5) is 0 Å². The van der Waals surface area contributed by atoms with Crippen LogP contribution in [0, 0.1) is 11.3 Å². The molecule has 3 nitrogen and oxygen atoms in total. The second-order valence-corrected chi connectivity index (χ2v) is 7.55. The molecule has 2 rings (SSSR count). The second-order valence-electron chi connectivity index (χ2n) is 7.55. The van der Waals surface area contributed by atoms with Crippen LogP contribution >= 0.6 is 0 Å². The number of nitrogens with zero attached hydrogens (tertiary/aromatic N) is 2. The van der Waals surface area contributed by atoms with Gasteiger partial charge in [-0.25, -0.2) is 0 Å². The molecule has 0 radical (unpaired) electrons. The van der Waals surface area contributed by atoms with Crippen molar-refractivity contribution in [3.63, 3.8) is 0 Å². The van der Waals surface area contributed by atoms with Crippen LogP contribution < -0.4 is 0 Å². The van der Waals surface area contributed by atoms with E-state index in [0.717, 1.165) is 13.1 Å². The number of likely N-dealkylation sites (N-methyl/N-ethyl adjacent to an activating group) is 1. The maximum absolute atomic E-state index is 10.6. The van der Waals surface area contributed by atoms with Gasteiger partial charge in [-0.15, -0.1) is 0 Å². The van der Waals surface area contributed by atoms with Gasteiger partial charge in [0.2, 0.25) is 0 Å². The van der Waals surface area contributed by atoms with Gasteiger partial charge in [-0.3, -0.25) is 4.90 Å². The van der Waals surface area contributed by atoms with Gasteiger partial charge >= 0.3 is 0 Å². The molecule has 3 unspecified atom stereocenters. The smallest absolute Gasteiger partial charge is 0.0631 e. The van der Waals surface area contributed by atoms with Gasteiger partial charge in [-0.2, -0.15) is 0 Å². The van der Waals surface area contributed by atoms with Crippen LogP contribution in [0.15, 0.2) is 0 Å². The van der Waals surface area contributed by atoms with Crippen LogP contribution in [-0.4, -0.2) is 60.3 Å². The first kappa shape index (κ1) is 15.3. The van der Waals surface area contributed by atoms with Crippen molar-refractivity contribution in [1.29, 1.82) is 0 Å². The molecule has 1 saturated carbocycles. The lowest BCUT2D eigenvalue weighted by Crippen LogP contribution is -2.48. The minimum Gasteiger partial charge on any atom is -0.392 e. The van der Waals surface area contributed by atoms with E-state index < -0.39 is 0 Å². The van der Waals surface area contributed by atoms with Gasteiger partial charge in [0.1, 0.15) is 0 Å². The van der Waals surface area contributed by atoms with E-state index >= 15 is 0 Å². The molecule has 1 saturated heterocycles. The third kappa shape index (κ3) is 3.71. The van der Waals surface area contributed by atoms with Gasteiger partial charge in [0.15, 0.2) is 0 Å². The molecule has 3 heteroatoms. The lowest BCUT2D eigenvalue weighted by Gasteiger charge is -2.43. The molecule has 19 heavy (non-hydrogen) atoms. The number of hydrogen-bond donors (Lipinski definition) is 1. The Labute approximate surface area is 119 Å². The van der Waals surface area contributed by atoms with E-state index in [1.54, 1.807) is 0 Å². The second kappa shape index (κ2) is 6.11. The Kier molecular flexibility index (Phi) is 4.91. The standard InChI is InChI=1S/C16H32N2O/c1-13-11-17(4)9-6-10-18(13)12-14-7-5-8-16(2,3)15(14)19/h13-15,19H,5-12H2,1-4H3. The van der Waals surface area contributed by atoms with Gasteiger partial charge in [0.05, 0.1) is 6.10 Å². The molecule has 0 bridgehead atoms. The van der Waals surface area contributed by atoms with Crippen LogP contribution in [-0.2, 0) is 0 Å². The largest absolute Gasteiger partial charge is 0.392 e. The van der Waals surface area contributed by atoms with Crippen LogP contribution in [0.25, 0.3) is 0 Å². The summed E-state index contributed by atoms with van der Waals surface area (Å²) in [7, 11) is 2.22. The Morgan fingerprint density at radius 3 is 2.68 bits per heavy atom. The molecule has 0 aromatic rings. The van der Waals surface area contributed by atoms with E-state index in [2.05, 4.69) is 37.6 Å². The Bertz CT molecular complexity index is 292. The van der Waals surface area contributed by atoms with Crippen molar-refractivity contribution < 1.29 is 5.11 Å². The molecule has 0 spiro atoms. The summed E-state index contributed by atoms with van der Waals surface area (Å²) in [6.07, 6.45) is 4.77. The highest BCUT2D eigenvalue weighted by Crippen LogP contribution is 2.39. The Morgan fingerprint density at radius 1 is 1.21 bits per heavy atom. The van der Waals surface area contributed by atoms with Gasteiger partial charge in [0.25, 0.3) is 0 Å². The lowest BCUT2D eigenvalue weighted by molar-refractivity contribution is -0.0458. The molecule has 3 atom stereocenters. The fraction of sp³-hybridized carbons (Fsp3) is 1.00. The predicted molar refractivity (Wildman–Crippen MR) is 80.3 cm³/mol. The van der Waals surface area contributed by atoms with Gasteiger partial charge in [-0.1, -0.05) is 20.3 Å². The molecule has 2 fully saturated rings. The molecule has 1 heterocycles. The van der Waals surface area contributed by atoms with Crippen molar-refractivity contribution in [2.75, 3.05) is 33.2 Å². The first-order valence-electron chi connectivity index (χ1n) is 8.01. The summed E-state index contributed by atoms with van der Waals surface area (Å²) in [4.78, 5) is 5.05. The highest BCUT2D eigenvalue weighted by atomic mass is 16.3. The van der Waals surface area contributed by atoms with Crippen LogP contribution in [0.1, 0.15) is 46.5 Å². The fourth-order valence-corrected chi connectivity index (χ4v) is 3.95. The third-order valence-corrected chi connectivity index (χ3v) is 5.30. The summed E-state index contributed by atoms with van der Waals surface area (Å²) in [5.41, 5.74) is 0.106. The zero-order valence-corrected chi connectivity index (χ0v) is 13.2. The van der Waals surface area contributed by atoms with E-state index in [0.29, 0.717) is 12.0 Å². The normalized spacial score (nSPS) is 38.1. The monoisotopic (exact) mass is 268 g/mol. The van der Waals surface area contributed by atoms with E-state index in [9.17, 15) is 5.11 Å². The zero-order chi connectivity index (χ0) is 14.0. The molecule has 0 aromatic heterocycles. The fourth-order valence-electron chi connectivity index (χ4n) is 3.95. The van der Waals surface area contributed by atoms with Gasteiger partial charge in [-0.05, 0) is 57.7 Å². The van der Waals surface area contributed by atoms with Gasteiger partial charge < -0.3 is 10.0 Å². The van der Waals surface area contributed by atoms with Crippen molar-refractivity contribution in [2.24, 2.45) is 11.3 Å². The Hall–Kier alpha value is -0.120. The molecule has 1 N–H and O–H groups in total. The minimum atomic E-state index is -0.130. The highest BCUT2D eigenvalue weighted by Gasteiger charge is 2.38. The quantitative estimate of drug-likeness (QED) is 0.832. The van der Waals surface area contributed by atoms with Crippen molar-refractivity contribution in [3.05, 3.63) is 0 Å². The summed E-state index contributed by atoms with van der Waals surface area (Å²) >= 11 is 0. The summed E-state index contributed by atoms with van der Waals surface area (Å²) < 4.78 is 0. The molecule has 1 aliphatic carbocycles. The maximum Gasteiger partial charge on any atom is 0.0631 e. The highest BCUT2D eigenvalue weighted by molar-refractivity contribution is 4.90. The van der Waals surface area contributed by atoms with Crippen molar-refractivity contribution >= 4 is 0 Å². The van der Waals surface area contributed by atoms with Crippen LogP contribution in [0.5, 0.6) is 0 Å². The summed E-state index contributed by atoms with van der Waals surface area (Å²) in [5, 5.41) is 10.6. The number of hydrogen-bond acceptors (Lipinski definition) is 3. The van der Waals surface area contributed by atoms with Crippen molar-refractivity contribution in [1.82, 2.24) is 9.80 Å². The first-order chi connectivity index (χ1) is 8.90. The minimum absolute atomic E-state index is 0.106. The Balaban J connectivity index is 1.95. The number of aliphatic hydroxyl groups excluding tert-OH is 1. The topological polar surface area (TPSA) is 26.7 Å². The van der Waals surface area contributed by atoms with Crippen molar-refractivity contribution in [3.8, 4) is 0 Å². The molecule has 0 amide bonds. The van der Waals surface area contributed by atoms with Crippen LogP contribution in [0.2, 0.25) is 0 Å². The Morgan fingerprint density at radius 2 is 1.95 bits per heavy atom. The van der Waals surface area contributed by atoms with Gasteiger partial charge in [0, 0.05) is 19.1 Å². The zero-order valence-electron chi connectivity index (χ0n) is 13.2. The molecular formula is C16H32N2O. The summed E-state index contributed by atoms with van der Waals surface area (Å²) in [5.74, 6) is 0.467. The predicted octanol–water partition coefficient (Wildman–Crippen LogP) is 2.20. The number of aliphatic hydroxyl groups is 1. The lowest BCUT2D eigenvalue weighted by atomic mass is 9.69. The van der Waals surface area contributed by atoms with E-state index in [1.165, 1.54) is 38.8 Å². The number of rotatable bonds is 2. The molecule has 2 aliphatic rings. The maximum atomic E-state index is 10.6. The van der Waals surface area contributed by atoms with E-state index in [-0.39, 0.29) is 11.5 Å². The third-order valence-electron chi connectivity index (χ3n) is 5.30. The average molecular weight is 268 g/mol. The first-order valence-corrected chi connectivity index (χ1v) is 8.01. The van der Waals surface area contributed by atoms with E-state index in [4.69, 9.17) is 0 Å². The van der Waals surface area contributed by atoms with Crippen LogP contribution in [0.3, 0.4) is 0 Å². The molecule has 1 aliphatic heterocycles. The average Bonchev–Trinajstić information content (AvgIpc) is 2.47.